The molecule has 0 radical (unpaired) electrons. The molecule has 0 aliphatic carbocycles. The first-order valence-corrected chi connectivity index (χ1v) is 6.57. The van der Waals surface area contributed by atoms with Crippen molar-refractivity contribution >= 4 is 5.91 Å². The van der Waals surface area contributed by atoms with Crippen LogP contribution >= 0.6 is 0 Å². The van der Waals surface area contributed by atoms with E-state index in [9.17, 15) is 4.79 Å². The number of hydrogen-bond acceptors (Lipinski definition) is 4. The van der Waals surface area contributed by atoms with E-state index in [0.29, 0.717) is 18.7 Å². The first-order chi connectivity index (χ1) is 10.3. The number of nitrogens with one attached hydrogen (secondary N) is 1. The molecule has 0 fully saturated rings. The van der Waals surface area contributed by atoms with Crippen LogP contribution in [0.25, 0.3) is 11.5 Å². The molecule has 1 amide bonds. The van der Waals surface area contributed by atoms with Gasteiger partial charge in [0.05, 0.1) is 11.8 Å². The Labute approximate surface area is 121 Å². The minimum Gasteiger partial charge on any atom is -0.472 e. The van der Waals surface area contributed by atoms with E-state index in [1.807, 2.05) is 29.0 Å². The lowest BCUT2D eigenvalue weighted by Gasteiger charge is -2.08. The Balaban J connectivity index is 1.62. The molecule has 0 bridgehead atoms. The van der Waals surface area contributed by atoms with Crippen LogP contribution in [0.5, 0.6) is 0 Å². The maximum Gasteiger partial charge on any atom is 0.254 e. The second-order valence-corrected chi connectivity index (χ2v) is 4.43. The number of carbonyl (C=O) groups excluding carboxylic acids is 1. The van der Waals surface area contributed by atoms with E-state index in [-0.39, 0.29) is 5.91 Å². The largest absolute Gasteiger partial charge is 0.472 e. The summed E-state index contributed by atoms with van der Waals surface area (Å²) in [5, 5.41) is 2.83. The Hall–Kier alpha value is -2.89. The fraction of sp³-hybridized carbons (Fsp3) is 0.133. The summed E-state index contributed by atoms with van der Waals surface area (Å²) in [6.07, 6.45) is 8.22. The summed E-state index contributed by atoms with van der Waals surface area (Å²) in [5.74, 6) is 0.636. The SMILES string of the molecule is O=C(NCCn1ccnc1-c1ccccn1)c1ccoc1. The molecule has 3 aromatic rings. The van der Waals surface area contributed by atoms with E-state index in [2.05, 4.69) is 15.3 Å². The van der Waals surface area contributed by atoms with Crippen LogP contribution in [0.1, 0.15) is 10.4 Å². The minimum atomic E-state index is -0.150. The third kappa shape index (κ3) is 3.00. The fourth-order valence-corrected chi connectivity index (χ4v) is 2.00. The van der Waals surface area contributed by atoms with Gasteiger partial charge in [0.25, 0.3) is 5.91 Å². The highest BCUT2D eigenvalue weighted by Crippen LogP contribution is 2.13. The molecule has 1 N–H and O–H groups in total. The van der Waals surface area contributed by atoms with Crippen LogP contribution in [-0.2, 0) is 6.54 Å². The van der Waals surface area contributed by atoms with Crippen molar-refractivity contribution in [3.8, 4) is 11.5 Å². The van der Waals surface area contributed by atoms with Gasteiger partial charge in [0, 0.05) is 31.7 Å². The zero-order chi connectivity index (χ0) is 14.5. The van der Waals surface area contributed by atoms with Gasteiger partial charge in [0.1, 0.15) is 12.0 Å². The molecule has 0 aliphatic heterocycles. The average molecular weight is 282 g/mol. The summed E-state index contributed by atoms with van der Waals surface area (Å²) in [4.78, 5) is 20.4. The van der Waals surface area contributed by atoms with Crippen LogP contribution < -0.4 is 5.32 Å². The molecule has 3 aromatic heterocycles. The third-order valence-corrected chi connectivity index (χ3v) is 3.03. The first-order valence-electron chi connectivity index (χ1n) is 6.57. The van der Waals surface area contributed by atoms with Gasteiger partial charge in [0.2, 0.25) is 0 Å². The van der Waals surface area contributed by atoms with E-state index < -0.39 is 0 Å². The molecule has 0 aliphatic rings. The van der Waals surface area contributed by atoms with Crippen molar-refractivity contribution in [2.24, 2.45) is 0 Å². The number of aromatic nitrogens is 3. The Morgan fingerprint density at radius 2 is 2.19 bits per heavy atom. The Bertz CT molecular complexity index is 704. The van der Waals surface area contributed by atoms with Gasteiger partial charge in [-0.3, -0.25) is 9.78 Å². The van der Waals surface area contributed by atoms with Crippen LogP contribution in [0.4, 0.5) is 0 Å². The van der Waals surface area contributed by atoms with E-state index in [4.69, 9.17) is 4.42 Å². The lowest BCUT2D eigenvalue weighted by molar-refractivity contribution is 0.0951. The van der Waals surface area contributed by atoms with Gasteiger partial charge in [-0.05, 0) is 18.2 Å². The molecule has 6 heteroatoms. The van der Waals surface area contributed by atoms with Crippen LogP contribution in [0.2, 0.25) is 0 Å². The van der Waals surface area contributed by atoms with Crippen molar-refractivity contribution in [2.45, 2.75) is 6.54 Å². The van der Waals surface area contributed by atoms with Crippen LogP contribution in [0.15, 0.2) is 59.8 Å². The molecule has 0 unspecified atom stereocenters. The Morgan fingerprint density at radius 3 is 2.95 bits per heavy atom. The fourth-order valence-electron chi connectivity index (χ4n) is 2.00. The van der Waals surface area contributed by atoms with Crippen molar-refractivity contribution in [3.05, 3.63) is 60.9 Å². The summed E-state index contributed by atoms with van der Waals surface area (Å²) in [7, 11) is 0. The maximum atomic E-state index is 11.8. The second kappa shape index (κ2) is 6.04. The third-order valence-electron chi connectivity index (χ3n) is 3.03. The highest BCUT2D eigenvalue weighted by molar-refractivity contribution is 5.93. The molecule has 0 saturated carbocycles. The predicted molar refractivity (Wildman–Crippen MR) is 76.5 cm³/mol. The molecule has 3 heterocycles. The highest BCUT2D eigenvalue weighted by atomic mass is 16.3. The quantitative estimate of drug-likeness (QED) is 0.776. The zero-order valence-electron chi connectivity index (χ0n) is 11.3. The van der Waals surface area contributed by atoms with E-state index in [0.717, 1.165) is 11.5 Å². The predicted octanol–water partition coefficient (Wildman–Crippen LogP) is 1.97. The van der Waals surface area contributed by atoms with Gasteiger partial charge >= 0.3 is 0 Å². The van der Waals surface area contributed by atoms with E-state index >= 15 is 0 Å². The van der Waals surface area contributed by atoms with Crippen LogP contribution in [-0.4, -0.2) is 27.0 Å². The van der Waals surface area contributed by atoms with Crippen molar-refractivity contribution in [2.75, 3.05) is 6.54 Å². The van der Waals surface area contributed by atoms with Crippen molar-refractivity contribution < 1.29 is 9.21 Å². The van der Waals surface area contributed by atoms with Gasteiger partial charge in [-0.25, -0.2) is 4.98 Å². The molecule has 0 spiro atoms. The van der Waals surface area contributed by atoms with Gasteiger partial charge < -0.3 is 14.3 Å². The Morgan fingerprint density at radius 1 is 1.24 bits per heavy atom. The topological polar surface area (TPSA) is 73.0 Å². The maximum absolute atomic E-state index is 11.8. The molecule has 21 heavy (non-hydrogen) atoms. The summed E-state index contributed by atoms with van der Waals surface area (Å²) < 4.78 is 6.84. The molecule has 106 valence electrons. The number of nitrogens with zero attached hydrogens (tertiary/aromatic N) is 3. The lowest BCUT2D eigenvalue weighted by Crippen LogP contribution is -2.26. The van der Waals surface area contributed by atoms with E-state index in [1.54, 1.807) is 18.5 Å². The van der Waals surface area contributed by atoms with Gasteiger partial charge in [0.15, 0.2) is 5.82 Å². The molecule has 3 rings (SSSR count). The van der Waals surface area contributed by atoms with Crippen molar-refractivity contribution in [1.29, 1.82) is 0 Å². The number of amides is 1. The van der Waals surface area contributed by atoms with E-state index in [1.165, 1.54) is 12.5 Å². The number of pyridine rings is 1. The summed E-state index contributed by atoms with van der Waals surface area (Å²) in [5.41, 5.74) is 1.33. The van der Waals surface area contributed by atoms with Crippen LogP contribution in [0.3, 0.4) is 0 Å². The first kappa shape index (κ1) is 13.1. The minimum absolute atomic E-state index is 0.150. The number of carbonyl (C=O) groups is 1. The van der Waals surface area contributed by atoms with Gasteiger partial charge in [-0.15, -0.1) is 0 Å². The molecule has 0 aromatic carbocycles. The lowest BCUT2D eigenvalue weighted by atomic mass is 10.3. The Kier molecular flexibility index (Phi) is 3.77. The summed E-state index contributed by atoms with van der Waals surface area (Å²) >= 11 is 0. The number of furan rings is 1. The van der Waals surface area contributed by atoms with Crippen molar-refractivity contribution in [3.63, 3.8) is 0 Å². The monoisotopic (exact) mass is 282 g/mol. The normalized spacial score (nSPS) is 10.5. The van der Waals surface area contributed by atoms with Crippen molar-refractivity contribution in [1.82, 2.24) is 19.9 Å². The van der Waals surface area contributed by atoms with Crippen LogP contribution in [0, 0.1) is 0 Å². The average Bonchev–Trinajstić information content (AvgIpc) is 3.20. The standard InChI is InChI=1S/C15H14N4O2/c20-15(12-4-10-21-11-12)18-7-9-19-8-6-17-14(19)13-3-1-2-5-16-13/h1-6,8,10-11H,7,9H2,(H,18,20). The summed E-state index contributed by atoms with van der Waals surface area (Å²) in [6.45, 7) is 1.12. The van der Waals surface area contributed by atoms with Gasteiger partial charge in [-0.2, -0.15) is 0 Å². The number of imidazole rings is 1. The van der Waals surface area contributed by atoms with Gasteiger partial charge in [-0.1, -0.05) is 6.07 Å². The molecular weight excluding hydrogens is 268 g/mol. The molecule has 0 saturated heterocycles. The second-order valence-electron chi connectivity index (χ2n) is 4.43. The highest BCUT2D eigenvalue weighted by Gasteiger charge is 2.08. The zero-order valence-corrected chi connectivity index (χ0v) is 11.3. The molecule has 0 atom stereocenters. The number of rotatable bonds is 5. The smallest absolute Gasteiger partial charge is 0.254 e. The number of hydrogen-bond donors (Lipinski definition) is 1. The summed E-state index contributed by atoms with van der Waals surface area (Å²) in [6, 6.07) is 7.32. The molecule has 6 nitrogen and oxygen atoms in total. The molecular formula is C15H14N4O2.